The van der Waals surface area contributed by atoms with Crippen LogP contribution in [0.3, 0.4) is 0 Å². The fourth-order valence-corrected chi connectivity index (χ4v) is 4.22. The molecule has 1 N–H and O–H groups in total. The Hall–Kier alpha value is -0.130. The third-order valence-electron chi connectivity index (χ3n) is 4.84. The predicted molar refractivity (Wildman–Crippen MR) is 79.2 cm³/mol. The van der Waals surface area contributed by atoms with Gasteiger partial charge >= 0.3 is 0 Å². The fourth-order valence-electron chi connectivity index (χ4n) is 3.26. The zero-order chi connectivity index (χ0) is 14.1. The molecule has 1 heterocycles. The van der Waals surface area contributed by atoms with Gasteiger partial charge < -0.3 is 5.32 Å². The minimum atomic E-state index is -2.92. The van der Waals surface area contributed by atoms with Crippen LogP contribution in [0.1, 0.15) is 46.5 Å². The molecule has 2 aliphatic rings. The normalized spacial score (nSPS) is 28.3. The summed E-state index contributed by atoms with van der Waals surface area (Å²) in [6.07, 6.45) is 5.10. The highest BCUT2D eigenvalue weighted by atomic mass is 32.2. The first-order valence-electron chi connectivity index (χ1n) is 7.55. The molecule has 2 rings (SSSR count). The third-order valence-corrected chi connectivity index (χ3v) is 7.03. The molecular formula is C14H28N2O2S. The molecular weight excluding hydrogens is 260 g/mol. The van der Waals surface area contributed by atoms with Gasteiger partial charge in [-0.05, 0) is 33.6 Å². The van der Waals surface area contributed by atoms with Crippen LogP contribution >= 0.6 is 0 Å². The van der Waals surface area contributed by atoms with Crippen molar-refractivity contribution in [2.45, 2.75) is 63.3 Å². The molecule has 19 heavy (non-hydrogen) atoms. The lowest BCUT2D eigenvalue weighted by molar-refractivity contribution is 0.0951. The summed E-state index contributed by atoms with van der Waals surface area (Å²) in [4.78, 5) is 2.38. The van der Waals surface area contributed by atoms with Crippen molar-refractivity contribution in [3.05, 3.63) is 0 Å². The Bertz CT molecular complexity index is 400. The average Bonchev–Trinajstić information content (AvgIpc) is 2.79. The smallest absolute Gasteiger partial charge is 0.153 e. The van der Waals surface area contributed by atoms with Crippen molar-refractivity contribution in [3.63, 3.8) is 0 Å². The molecule has 1 saturated carbocycles. The molecule has 1 atom stereocenters. The van der Waals surface area contributed by atoms with Crippen molar-refractivity contribution in [3.8, 4) is 0 Å². The van der Waals surface area contributed by atoms with Gasteiger partial charge in [-0.3, -0.25) is 4.90 Å². The van der Waals surface area contributed by atoms with E-state index in [0.717, 1.165) is 13.1 Å². The van der Waals surface area contributed by atoms with Gasteiger partial charge in [0, 0.05) is 31.2 Å². The number of piperazine rings is 1. The highest BCUT2D eigenvalue weighted by molar-refractivity contribution is 7.92. The van der Waals surface area contributed by atoms with Crippen LogP contribution in [-0.4, -0.2) is 55.5 Å². The predicted octanol–water partition coefficient (Wildman–Crippen LogP) is 1.42. The molecule has 112 valence electrons. The first kappa shape index (κ1) is 15.3. The summed E-state index contributed by atoms with van der Waals surface area (Å²) in [6.45, 7) is 8.43. The minimum absolute atomic E-state index is 0.258. The van der Waals surface area contributed by atoms with Gasteiger partial charge in [0.2, 0.25) is 0 Å². The summed E-state index contributed by atoms with van der Waals surface area (Å²) in [5.74, 6) is 0.297. The van der Waals surface area contributed by atoms with Crippen LogP contribution < -0.4 is 5.32 Å². The van der Waals surface area contributed by atoms with E-state index >= 15 is 0 Å². The molecule has 1 aliphatic heterocycles. The van der Waals surface area contributed by atoms with Gasteiger partial charge in [0.1, 0.15) is 0 Å². The molecule has 1 aliphatic carbocycles. The Balaban J connectivity index is 1.95. The highest BCUT2D eigenvalue weighted by Crippen LogP contribution is 2.33. The second kappa shape index (κ2) is 5.70. The van der Waals surface area contributed by atoms with Crippen LogP contribution in [0.2, 0.25) is 0 Å². The summed E-state index contributed by atoms with van der Waals surface area (Å²) < 4.78 is 23.9. The largest absolute Gasteiger partial charge is 0.308 e. The first-order valence-corrected chi connectivity index (χ1v) is 9.27. The van der Waals surface area contributed by atoms with Gasteiger partial charge in [-0.2, -0.15) is 0 Å². The summed E-state index contributed by atoms with van der Waals surface area (Å²) in [5, 5.41) is 3.44. The van der Waals surface area contributed by atoms with Gasteiger partial charge in [-0.15, -0.1) is 0 Å². The van der Waals surface area contributed by atoms with Crippen LogP contribution in [-0.2, 0) is 9.84 Å². The Morgan fingerprint density at radius 1 is 1.32 bits per heavy atom. The zero-order valence-electron chi connectivity index (χ0n) is 12.5. The zero-order valence-corrected chi connectivity index (χ0v) is 13.3. The monoisotopic (exact) mass is 288 g/mol. The van der Waals surface area contributed by atoms with Crippen LogP contribution in [0.4, 0.5) is 0 Å². The summed E-state index contributed by atoms with van der Waals surface area (Å²) >= 11 is 0. The lowest BCUT2D eigenvalue weighted by Gasteiger charge is -2.45. The van der Waals surface area contributed by atoms with E-state index < -0.39 is 9.84 Å². The van der Waals surface area contributed by atoms with Gasteiger partial charge in [0.15, 0.2) is 9.84 Å². The number of nitrogens with one attached hydrogen (secondary N) is 1. The Morgan fingerprint density at radius 2 is 1.95 bits per heavy atom. The summed E-state index contributed by atoms with van der Waals surface area (Å²) in [7, 11) is -2.92. The molecule has 0 aromatic carbocycles. The number of nitrogens with zero attached hydrogens (tertiary/aromatic N) is 1. The number of hydrogen-bond donors (Lipinski definition) is 1. The minimum Gasteiger partial charge on any atom is -0.308 e. The maximum Gasteiger partial charge on any atom is 0.153 e. The second-order valence-corrected chi connectivity index (χ2v) is 9.28. The Morgan fingerprint density at radius 3 is 2.53 bits per heavy atom. The lowest BCUT2D eigenvalue weighted by atomic mass is 9.93. The van der Waals surface area contributed by atoms with Gasteiger partial charge in [0.05, 0.1) is 11.0 Å². The van der Waals surface area contributed by atoms with Gasteiger partial charge in [-0.1, -0.05) is 12.8 Å². The van der Waals surface area contributed by atoms with Crippen LogP contribution in [0.5, 0.6) is 0 Å². The van der Waals surface area contributed by atoms with E-state index in [9.17, 15) is 8.42 Å². The molecule has 2 fully saturated rings. The van der Waals surface area contributed by atoms with E-state index in [1.807, 2.05) is 0 Å². The quantitative estimate of drug-likeness (QED) is 0.850. The van der Waals surface area contributed by atoms with Gasteiger partial charge in [0.25, 0.3) is 0 Å². The van der Waals surface area contributed by atoms with Crippen molar-refractivity contribution in [1.82, 2.24) is 10.2 Å². The van der Waals surface area contributed by atoms with Crippen molar-refractivity contribution < 1.29 is 8.42 Å². The fraction of sp³-hybridized carbons (Fsp3) is 1.00. The van der Waals surface area contributed by atoms with E-state index in [4.69, 9.17) is 0 Å². The molecule has 1 unspecified atom stereocenters. The Labute approximate surface area is 117 Å². The van der Waals surface area contributed by atoms with Crippen molar-refractivity contribution in [2.24, 2.45) is 0 Å². The number of hydrogen-bond acceptors (Lipinski definition) is 4. The van der Waals surface area contributed by atoms with Crippen LogP contribution in [0, 0.1) is 0 Å². The van der Waals surface area contributed by atoms with E-state index in [2.05, 4.69) is 17.1 Å². The van der Waals surface area contributed by atoms with Crippen molar-refractivity contribution >= 4 is 9.84 Å². The molecule has 1 saturated heterocycles. The molecule has 4 nitrogen and oxygen atoms in total. The molecule has 0 aromatic rings. The maximum atomic E-state index is 12.0. The topological polar surface area (TPSA) is 49.4 Å². The molecule has 5 heteroatoms. The van der Waals surface area contributed by atoms with Crippen molar-refractivity contribution in [1.29, 1.82) is 0 Å². The molecule has 0 aromatic heterocycles. The van der Waals surface area contributed by atoms with E-state index in [1.54, 1.807) is 13.8 Å². The number of sulfone groups is 1. The highest BCUT2D eigenvalue weighted by Gasteiger charge is 2.39. The second-order valence-electron chi connectivity index (χ2n) is 6.60. The van der Waals surface area contributed by atoms with E-state index in [-0.39, 0.29) is 10.8 Å². The number of rotatable bonds is 4. The SMILES string of the molecule is CC1CNC2(CCCC2)CN1CCS(=O)(=O)C(C)C. The van der Waals surface area contributed by atoms with E-state index in [0.29, 0.717) is 18.3 Å². The van der Waals surface area contributed by atoms with E-state index in [1.165, 1.54) is 25.7 Å². The molecule has 1 spiro atoms. The molecule has 0 bridgehead atoms. The average molecular weight is 288 g/mol. The van der Waals surface area contributed by atoms with Crippen molar-refractivity contribution in [2.75, 3.05) is 25.4 Å². The third kappa shape index (κ3) is 3.50. The Kier molecular flexibility index (Phi) is 4.58. The lowest BCUT2D eigenvalue weighted by Crippen LogP contribution is -2.62. The standard InChI is InChI=1S/C14H28N2O2S/c1-12(2)19(17,18)9-8-16-11-14(6-4-5-7-14)15-10-13(16)3/h12-13,15H,4-11H2,1-3H3. The van der Waals surface area contributed by atoms with Gasteiger partial charge in [-0.25, -0.2) is 8.42 Å². The van der Waals surface area contributed by atoms with Crippen LogP contribution in [0.25, 0.3) is 0 Å². The maximum absolute atomic E-state index is 12.0. The first-order chi connectivity index (χ1) is 8.85. The van der Waals surface area contributed by atoms with Crippen LogP contribution in [0.15, 0.2) is 0 Å². The molecule has 0 radical (unpaired) electrons. The summed E-state index contributed by atoms with van der Waals surface area (Å²) in [5.41, 5.74) is 0.272. The molecule has 0 amide bonds. The summed E-state index contributed by atoms with van der Waals surface area (Å²) in [6, 6.07) is 0.439.